The van der Waals surface area contributed by atoms with Gasteiger partial charge in [0.1, 0.15) is 11.6 Å². The van der Waals surface area contributed by atoms with Gasteiger partial charge >= 0.3 is 0 Å². The number of halogens is 1. The number of hydrazine groups is 1. The molecule has 1 heterocycles. The van der Waals surface area contributed by atoms with E-state index in [1.807, 2.05) is 13.0 Å². The van der Waals surface area contributed by atoms with Gasteiger partial charge in [-0.1, -0.05) is 6.07 Å². The second-order valence-corrected chi connectivity index (χ2v) is 4.22. The number of benzene rings is 1. The maximum atomic E-state index is 13.2. The molecule has 1 unspecified atom stereocenters. The molecular formula is C14H16FN3O. The van der Waals surface area contributed by atoms with Gasteiger partial charge in [0.05, 0.1) is 19.3 Å². The molecule has 0 aliphatic rings. The summed E-state index contributed by atoms with van der Waals surface area (Å²) < 4.78 is 18.5. The molecule has 100 valence electrons. The van der Waals surface area contributed by atoms with Gasteiger partial charge < -0.3 is 4.74 Å². The molecule has 0 saturated carbocycles. The van der Waals surface area contributed by atoms with Crippen molar-refractivity contribution < 1.29 is 9.13 Å². The molecule has 2 aromatic rings. The molecule has 0 fully saturated rings. The van der Waals surface area contributed by atoms with Crippen LogP contribution >= 0.6 is 0 Å². The maximum Gasteiger partial charge on any atom is 0.142 e. The highest BCUT2D eigenvalue weighted by atomic mass is 19.1. The lowest BCUT2D eigenvalue weighted by atomic mass is 9.95. The Bertz CT molecular complexity index is 574. The quantitative estimate of drug-likeness (QED) is 0.653. The van der Waals surface area contributed by atoms with E-state index in [2.05, 4.69) is 10.4 Å². The van der Waals surface area contributed by atoms with Gasteiger partial charge in [-0.3, -0.25) is 10.8 Å². The minimum atomic E-state index is -0.279. The molecule has 1 aromatic heterocycles. The summed E-state index contributed by atoms with van der Waals surface area (Å²) >= 11 is 0. The van der Waals surface area contributed by atoms with E-state index >= 15 is 0 Å². The molecule has 3 N–H and O–H groups in total. The maximum absolute atomic E-state index is 13.2. The normalized spacial score (nSPS) is 12.2. The number of hydrogen-bond donors (Lipinski definition) is 2. The first-order valence-corrected chi connectivity index (χ1v) is 5.87. The highest BCUT2D eigenvalue weighted by Gasteiger charge is 2.18. The predicted molar refractivity (Wildman–Crippen MR) is 71.1 cm³/mol. The van der Waals surface area contributed by atoms with Gasteiger partial charge in [-0.05, 0) is 36.2 Å². The number of nitrogens with two attached hydrogens (primary N) is 1. The molecule has 0 bridgehead atoms. The van der Waals surface area contributed by atoms with Crippen molar-refractivity contribution in [2.45, 2.75) is 13.0 Å². The summed E-state index contributed by atoms with van der Waals surface area (Å²) in [4.78, 5) is 4.01. The summed E-state index contributed by atoms with van der Waals surface area (Å²) in [7, 11) is 1.58. The van der Waals surface area contributed by atoms with Crippen LogP contribution in [0.1, 0.15) is 22.7 Å². The predicted octanol–water partition coefficient (Wildman–Crippen LogP) is 2.09. The van der Waals surface area contributed by atoms with Gasteiger partial charge in [0.15, 0.2) is 0 Å². The number of nitrogens with one attached hydrogen (secondary N) is 1. The van der Waals surface area contributed by atoms with E-state index in [0.29, 0.717) is 5.75 Å². The van der Waals surface area contributed by atoms with E-state index in [9.17, 15) is 4.39 Å². The van der Waals surface area contributed by atoms with Crippen LogP contribution in [0.3, 0.4) is 0 Å². The second kappa shape index (κ2) is 5.77. The molecule has 1 atom stereocenters. The molecule has 5 heteroatoms. The number of nitrogens with zero attached hydrogens (tertiary/aromatic N) is 1. The lowest BCUT2D eigenvalue weighted by Crippen LogP contribution is -2.29. The van der Waals surface area contributed by atoms with Crippen molar-refractivity contribution in [3.05, 3.63) is 59.2 Å². The fourth-order valence-corrected chi connectivity index (χ4v) is 2.11. The van der Waals surface area contributed by atoms with Crippen molar-refractivity contribution >= 4 is 0 Å². The average Bonchev–Trinajstić information content (AvgIpc) is 2.42. The van der Waals surface area contributed by atoms with Gasteiger partial charge in [0, 0.05) is 11.8 Å². The molecule has 0 radical (unpaired) electrons. The number of methoxy groups -OCH3 is 1. The Balaban J connectivity index is 2.50. The van der Waals surface area contributed by atoms with E-state index in [1.165, 1.54) is 12.1 Å². The van der Waals surface area contributed by atoms with Gasteiger partial charge in [-0.2, -0.15) is 0 Å². The summed E-state index contributed by atoms with van der Waals surface area (Å²) in [5.41, 5.74) is 5.31. The van der Waals surface area contributed by atoms with Crippen molar-refractivity contribution in [3.63, 3.8) is 0 Å². The van der Waals surface area contributed by atoms with Gasteiger partial charge in [0.2, 0.25) is 0 Å². The summed E-state index contributed by atoms with van der Waals surface area (Å²) in [6, 6.07) is 6.16. The average molecular weight is 261 g/mol. The van der Waals surface area contributed by atoms with Crippen LogP contribution in [0.15, 0.2) is 36.7 Å². The Kier molecular flexibility index (Phi) is 4.09. The van der Waals surface area contributed by atoms with Gasteiger partial charge in [0.25, 0.3) is 0 Å². The van der Waals surface area contributed by atoms with Crippen LogP contribution in [0.25, 0.3) is 0 Å². The fourth-order valence-electron chi connectivity index (χ4n) is 2.11. The highest BCUT2D eigenvalue weighted by Crippen LogP contribution is 2.30. The molecule has 4 nitrogen and oxygen atoms in total. The van der Waals surface area contributed by atoms with E-state index in [4.69, 9.17) is 10.6 Å². The summed E-state index contributed by atoms with van der Waals surface area (Å²) in [6.07, 6.45) is 3.29. The van der Waals surface area contributed by atoms with Crippen LogP contribution in [0.5, 0.6) is 5.75 Å². The summed E-state index contributed by atoms with van der Waals surface area (Å²) in [5.74, 6) is 6.02. The van der Waals surface area contributed by atoms with Crippen LogP contribution in [0.2, 0.25) is 0 Å². The largest absolute Gasteiger partial charge is 0.495 e. The van der Waals surface area contributed by atoms with E-state index in [0.717, 1.165) is 16.7 Å². The van der Waals surface area contributed by atoms with Crippen LogP contribution in [0, 0.1) is 12.7 Å². The van der Waals surface area contributed by atoms with Crippen LogP contribution in [-0.2, 0) is 0 Å². The third-order valence-corrected chi connectivity index (χ3v) is 3.06. The molecule has 0 amide bonds. The number of aromatic nitrogens is 1. The number of ether oxygens (including phenoxy) is 1. The number of rotatable bonds is 4. The minimum Gasteiger partial charge on any atom is -0.495 e. The smallest absolute Gasteiger partial charge is 0.142 e. The first-order valence-electron chi connectivity index (χ1n) is 5.87. The lowest BCUT2D eigenvalue weighted by Gasteiger charge is -2.20. The Labute approximate surface area is 111 Å². The molecule has 19 heavy (non-hydrogen) atoms. The Morgan fingerprint density at radius 2 is 2.11 bits per heavy atom. The highest BCUT2D eigenvalue weighted by molar-refractivity contribution is 5.42. The van der Waals surface area contributed by atoms with Crippen molar-refractivity contribution in [1.29, 1.82) is 0 Å². The molecule has 0 aliphatic heterocycles. The third kappa shape index (κ3) is 2.72. The zero-order chi connectivity index (χ0) is 13.8. The van der Waals surface area contributed by atoms with E-state index in [-0.39, 0.29) is 11.9 Å². The molecule has 0 spiro atoms. The summed E-state index contributed by atoms with van der Waals surface area (Å²) in [5, 5.41) is 0. The zero-order valence-electron chi connectivity index (χ0n) is 10.9. The minimum absolute atomic E-state index is 0.265. The molecule has 0 aliphatic carbocycles. The Morgan fingerprint density at radius 3 is 2.74 bits per heavy atom. The van der Waals surface area contributed by atoms with Crippen LogP contribution in [0.4, 0.5) is 4.39 Å². The van der Waals surface area contributed by atoms with Gasteiger partial charge in [-0.25, -0.2) is 9.82 Å². The number of aryl methyl sites for hydroxylation is 1. The van der Waals surface area contributed by atoms with Crippen molar-refractivity contribution in [2.24, 2.45) is 5.84 Å². The fraction of sp³-hybridized carbons (Fsp3) is 0.214. The lowest BCUT2D eigenvalue weighted by molar-refractivity contribution is 0.402. The van der Waals surface area contributed by atoms with Crippen molar-refractivity contribution in [2.75, 3.05) is 7.11 Å². The first kappa shape index (κ1) is 13.5. The van der Waals surface area contributed by atoms with Crippen LogP contribution in [-0.4, -0.2) is 12.1 Å². The van der Waals surface area contributed by atoms with Crippen LogP contribution < -0.4 is 16.0 Å². The third-order valence-electron chi connectivity index (χ3n) is 3.06. The van der Waals surface area contributed by atoms with E-state index < -0.39 is 0 Å². The number of hydrogen-bond acceptors (Lipinski definition) is 4. The van der Waals surface area contributed by atoms with Gasteiger partial charge in [-0.15, -0.1) is 0 Å². The number of pyridine rings is 1. The second-order valence-electron chi connectivity index (χ2n) is 4.22. The molecule has 1 aromatic carbocycles. The Hall–Kier alpha value is -1.98. The Morgan fingerprint density at radius 1 is 1.32 bits per heavy atom. The zero-order valence-corrected chi connectivity index (χ0v) is 10.9. The monoisotopic (exact) mass is 261 g/mol. The summed E-state index contributed by atoms with van der Waals surface area (Å²) in [6.45, 7) is 1.84. The standard InChI is InChI=1S/C14H16FN3O/c1-9-7-10(15)3-4-11(9)14(18-16)12-5-6-17-8-13(12)19-2/h3-8,14,18H,16H2,1-2H3. The van der Waals surface area contributed by atoms with E-state index in [1.54, 1.807) is 25.6 Å². The molecule has 0 saturated heterocycles. The first-order chi connectivity index (χ1) is 9.17. The molecule has 2 rings (SSSR count). The molecular weight excluding hydrogens is 245 g/mol. The van der Waals surface area contributed by atoms with Crippen molar-refractivity contribution in [3.8, 4) is 5.75 Å². The van der Waals surface area contributed by atoms with Crippen molar-refractivity contribution in [1.82, 2.24) is 10.4 Å². The topological polar surface area (TPSA) is 60.2 Å². The SMILES string of the molecule is COc1cnccc1C(NN)c1ccc(F)cc1C.